The molecule has 0 unspecified atom stereocenters. The van der Waals surface area contributed by atoms with E-state index in [9.17, 15) is 4.79 Å². The van der Waals surface area contributed by atoms with Crippen molar-refractivity contribution in [1.29, 1.82) is 0 Å². The smallest absolute Gasteiger partial charge is 0.418 e. The summed E-state index contributed by atoms with van der Waals surface area (Å²) in [5, 5.41) is 0. The second-order valence-electron chi connectivity index (χ2n) is 5.60. The fraction of sp³-hybridized carbons (Fsp3) is 0.353. The molecule has 2 aliphatic rings. The van der Waals surface area contributed by atoms with Crippen molar-refractivity contribution in [2.24, 2.45) is 0 Å². The first-order valence-electron chi connectivity index (χ1n) is 7.25. The van der Waals surface area contributed by atoms with Crippen LogP contribution >= 0.6 is 0 Å². The number of benzene rings is 1. The number of rotatable bonds is 1. The molecule has 0 spiro atoms. The first-order valence-corrected chi connectivity index (χ1v) is 7.25. The molecule has 1 aromatic heterocycles. The Bertz CT molecular complexity index is 686. The van der Waals surface area contributed by atoms with Gasteiger partial charge in [0.05, 0.1) is 6.61 Å². The monoisotopic (exact) mass is 267 g/mol. The second kappa shape index (κ2) is 4.23. The minimum absolute atomic E-state index is 0.251. The van der Waals surface area contributed by atoms with E-state index in [-0.39, 0.29) is 6.09 Å². The molecule has 0 N–H and O–H groups in total. The van der Waals surface area contributed by atoms with Crippen LogP contribution in [0.5, 0.6) is 0 Å². The maximum atomic E-state index is 12.0. The number of carbonyl (C=O) groups excluding carboxylic acids is 1. The van der Waals surface area contributed by atoms with Gasteiger partial charge in [0.2, 0.25) is 0 Å². The number of nitrogens with zero attached hydrogens (tertiary/aromatic N) is 1. The van der Waals surface area contributed by atoms with Gasteiger partial charge in [-0.15, -0.1) is 0 Å². The first-order chi connectivity index (χ1) is 9.79. The van der Waals surface area contributed by atoms with E-state index >= 15 is 0 Å². The fourth-order valence-electron chi connectivity index (χ4n) is 3.84. The van der Waals surface area contributed by atoms with Crippen molar-refractivity contribution in [3.05, 3.63) is 58.9 Å². The number of hydrogen-bond donors (Lipinski definition) is 0. The molecule has 20 heavy (non-hydrogen) atoms. The van der Waals surface area contributed by atoms with Gasteiger partial charge in [-0.2, -0.15) is 0 Å². The molecule has 0 aliphatic heterocycles. The predicted octanol–water partition coefficient (Wildman–Crippen LogP) is 3.67. The average molecular weight is 267 g/mol. The van der Waals surface area contributed by atoms with Crippen LogP contribution in [-0.2, 0) is 11.2 Å². The number of ether oxygens (including phenoxy) is 1. The molecule has 1 heterocycles. The third-order valence-electron chi connectivity index (χ3n) is 4.64. The molecule has 3 heteroatoms. The van der Waals surface area contributed by atoms with Gasteiger partial charge in [0.1, 0.15) is 0 Å². The van der Waals surface area contributed by atoms with Crippen LogP contribution in [0.15, 0.2) is 36.5 Å². The highest BCUT2D eigenvalue weighted by molar-refractivity contribution is 5.73. The molecule has 2 aromatic rings. The SMILES string of the molecule is CCOC(=O)n1ccc2c1C[C@H]1C[C@@H]2c2ccccc21. The average Bonchev–Trinajstić information content (AvgIpc) is 3.02. The van der Waals surface area contributed by atoms with E-state index in [4.69, 9.17) is 4.74 Å². The van der Waals surface area contributed by atoms with Crippen LogP contribution in [0.1, 0.15) is 47.6 Å². The van der Waals surface area contributed by atoms with E-state index in [2.05, 4.69) is 30.3 Å². The van der Waals surface area contributed by atoms with Crippen molar-refractivity contribution in [2.45, 2.75) is 31.6 Å². The maximum Gasteiger partial charge on any atom is 0.418 e. The summed E-state index contributed by atoms with van der Waals surface area (Å²) in [6.07, 6.45) is 3.74. The van der Waals surface area contributed by atoms with Gasteiger partial charge in [0, 0.05) is 17.8 Å². The van der Waals surface area contributed by atoms with Gasteiger partial charge in [-0.25, -0.2) is 4.79 Å². The van der Waals surface area contributed by atoms with E-state index in [0.717, 1.165) is 12.1 Å². The molecule has 102 valence electrons. The normalized spacial score (nSPS) is 22.2. The number of hydrogen-bond acceptors (Lipinski definition) is 2. The van der Waals surface area contributed by atoms with Gasteiger partial charge in [-0.3, -0.25) is 4.57 Å². The molecule has 0 saturated carbocycles. The summed E-state index contributed by atoms with van der Waals surface area (Å²) in [6.45, 7) is 2.26. The Morgan fingerprint density at radius 3 is 2.85 bits per heavy atom. The zero-order chi connectivity index (χ0) is 13.7. The Morgan fingerprint density at radius 1 is 1.25 bits per heavy atom. The van der Waals surface area contributed by atoms with Crippen molar-refractivity contribution in [3.63, 3.8) is 0 Å². The highest BCUT2D eigenvalue weighted by Crippen LogP contribution is 2.51. The summed E-state index contributed by atoms with van der Waals surface area (Å²) in [7, 11) is 0. The molecule has 2 bridgehead atoms. The molecule has 2 aliphatic carbocycles. The predicted molar refractivity (Wildman–Crippen MR) is 76.2 cm³/mol. The summed E-state index contributed by atoms with van der Waals surface area (Å²) in [5.41, 5.74) is 5.35. The van der Waals surface area contributed by atoms with Gasteiger partial charge < -0.3 is 4.74 Å². The molecule has 3 nitrogen and oxygen atoms in total. The topological polar surface area (TPSA) is 31.2 Å². The lowest BCUT2D eigenvalue weighted by Gasteiger charge is -2.21. The van der Waals surface area contributed by atoms with Gasteiger partial charge >= 0.3 is 6.09 Å². The molecule has 0 amide bonds. The molecular weight excluding hydrogens is 250 g/mol. The molecule has 0 saturated heterocycles. The summed E-state index contributed by atoms with van der Waals surface area (Å²) in [6, 6.07) is 10.8. The third kappa shape index (κ3) is 1.49. The van der Waals surface area contributed by atoms with Crippen molar-refractivity contribution >= 4 is 6.09 Å². The molecule has 0 fully saturated rings. The van der Waals surface area contributed by atoms with Crippen LogP contribution in [-0.4, -0.2) is 17.3 Å². The Labute approximate surface area is 118 Å². The van der Waals surface area contributed by atoms with Crippen LogP contribution in [0.25, 0.3) is 0 Å². The van der Waals surface area contributed by atoms with Gasteiger partial charge in [0.25, 0.3) is 0 Å². The zero-order valence-electron chi connectivity index (χ0n) is 11.5. The van der Waals surface area contributed by atoms with Crippen molar-refractivity contribution in [3.8, 4) is 0 Å². The Kier molecular flexibility index (Phi) is 2.49. The lowest BCUT2D eigenvalue weighted by Crippen LogP contribution is -2.19. The van der Waals surface area contributed by atoms with Crippen LogP contribution in [0.2, 0.25) is 0 Å². The molecule has 4 rings (SSSR count). The van der Waals surface area contributed by atoms with E-state index in [0.29, 0.717) is 18.4 Å². The van der Waals surface area contributed by atoms with Gasteiger partial charge in [0.15, 0.2) is 0 Å². The zero-order valence-corrected chi connectivity index (χ0v) is 11.5. The standard InChI is InChI=1S/C17H17NO2/c1-2-20-17(19)18-8-7-14-15-9-11(10-16(14)18)12-5-3-4-6-13(12)15/h3-8,11,15H,2,9-10H2,1H3/t11-,15-/m1/s1. The Hall–Kier alpha value is -2.03. The minimum Gasteiger partial charge on any atom is -0.449 e. The number of aromatic nitrogens is 1. The summed E-state index contributed by atoms with van der Waals surface area (Å²) >= 11 is 0. The lowest BCUT2D eigenvalue weighted by molar-refractivity contribution is 0.153. The fourth-order valence-corrected chi connectivity index (χ4v) is 3.84. The molecule has 2 atom stereocenters. The van der Waals surface area contributed by atoms with Crippen LogP contribution in [0, 0.1) is 0 Å². The first kappa shape index (κ1) is 11.8. The Balaban J connectivity index is 1.80. The molecule has 0 radical (unpaired) electrons. The quantitative estimate of drug-likeness (QED) is 0.789. The largest absolute Gasteiger partial charge is 0.449 e. The Morgan fingerprint density at radius 2 is 2.05 bits per heavy atom. The van der Waals surface area contributed by atoms with Crippen molar-refractivity contribution < 1.29 is 9.53 Å². The number of carbonyl (C=O) groups is 1. The van der Waals surface area contributed by atoms with Gasteiger partial charge in [-0.1, -0.05) is 24.3 Å². The number of fused-ring (bicyclic) bond motifs is 7. The lowest BCUT2D eigenvalue weighted by atomic mass is 9.85. The van der Waals surface area contributed by atoms with Gasteiger partial charge in [-0.05, 0) is 48.4 Å². The van der Waals surface area contributed by atoms with Crippen molar-refractivity contribution in [2.75, 3.05) is 6.61 Å². The van der Waals surface area contributed by atoms with E-state index in [1.54, 1.807) is 4.57 Å². The minimum atomic E-state index is -0.251. The maximum absolute atomic E-state index is 12.0. The van der Waals surface area contributed by atoms with Crippen molar-refractivity contribution in [1.82, 2.24) is 4.57 Å². The highest BCUT2D eigenvalue weighted by Gasteiger charge is 2.39. The highest BCUT2D eigenvalue weighted by atomic mass is 16.5. The van der Waals surface area contributed by atoms with Crippen LogP contribution in [0.4, 0.5) is 4.79 Å². The summed E-state index contributed by atoms with van der Waals surface area (Å²) in [5.74, 6) is 1.00. The third-order valence-corrected chi connectivity index (χ3v) is 4.64. The van der Waals surface area contributed by atoms with E-state index < -0.39 is 0 Å². The molecule has 1 aromatic carbocycles. The molecular formula is C17H17NO2. The van der Waals surface area contributed by atoms with E-state index in [1.807, 2.05) is 13.1 Å². The van der Waals surface area contributed by atoms with Crippen LogP contribution < -0.4 is 0 Å². The summed E-state index contributed by atoms with van der Waals surface area (Å²) < 4.78 is 6.84. The second-order valence-corrected chi connectivity index (χ2v) is 5.60. The summed E-state index contributed by atoms with van der Waals surface area (Å²) in [4.78, 5) is 12.0. The van der Waals surface area contributed by atoms with E-state index in [1.165, 1.54) is 23.1 Å². The van der Waals surface area contributed by atoms with Crippen LogP contribution in [0.3, 0.4) is 0 Å².